The van der Waals surface area contributed by atoms with Gasteiger partial charge in [-0.05, 0) is 99.3 Å². The first-order valence-electron chi connectivity index (χ1n) is 11.0. The number of nitrogens with one attached hydrogen (secondary N) is 1. The van der Waals surface area contributed by atoms with Crippen molar-refractivity contribution < 1.29 is 0 Å². The van der Waals surface area contributed by atoms with E-state index in [1.54, 1.807) is 22.3 Å². The summed E-state index contributed by atoms with van der Waals surface area (Å²) in [5, 5.41) is 0. The summed E-state index contributed by atoms with van der Waals surface area (Å²) < 4.78 is 0. The number of benzene rings is 1. The van der Waals surface area contributed by atoms with Crippen molar-refractivity contribution in [3.05, 3.63) is 56.9 Å². The van der Waals surface area contributed by atoms with Gasteiger partial charge in [0.2, 0.25) is 0 Å². The van der Waals surface area contributed by atoms with Crippen molar-refractivity contribution in [2.75, 3.05) is 13.6 Å². The fourth-order valence-corrected chi connectivity index (χ4v) is 7.91. The van der Waals surface area contributed by atoms with Gasteiger partial charge in [-0.3, -0.25) is 0 Å². The number of likely N-dealkylation sites (tertiary alicyclic amines) is 1. The molecule has 1 saturated heterocycles. The molecule has 1 aromatic carbocycles. The molecule has 3 atom stereocenters. The predicted molar refractivity (Wildman–Crippen MR) is 117 cm³/mol. The Labute approximate surface area is 170 Å². The monoisotopic (exact) mass is 376 g/mol. The van der Waals surface area contributed by atoms with Crippen LogP contribution in [0.4, 0.5) is 0 Å². The smallest absolute Gasteiger partial charge is 0.0251 e. The van der Waals surface area contributed by atoms with Crippen molar-refractivity contribution >= 4 is 0 Å². The second-order valence-corrected chi connectivity index (χ2v) is 10.8. The molecule has 2 aromatic rings. The summed E-state index contributed by atoms with van der Waals surface area (Å²) in [5.74, 6) is 0. The van der Waals surface area contributed by atoms with Crippen molar-refractivity contribution in [2.24, 2.45) is 5.41 Å². The Balaban J connectivity index is 1.93. The fourth-order valence-electron chi connectivity index (χ4n) is 7.91. The molecule has 1 aromatic heterocycles. The highest BCUT2D eigenvalue weighted by Crippen LogP contribution is 2.68. The maximum Gasteiger partial charge on any atom is 0.0251 e. The highest BCUT2D eigenvalue weighted by atomic mass is 15.2. The van der Waals surface area contributed by atoms with Gasteiger partial charge in [0.05, 0.1) is 0 Å². The van der Waals surface area contributed by atoms with Gasteiger partial charge in [-0.2, -0.15) is 0 Å². The lowest BCUT2D eigenvalue weighted by Gasteiger charge is -2.70. The number of H-pyrrole nitrogens is 1. The molecule has 2 heterocycles. The second kappa shape index (κ2) is 5.33. The third-order valence-corrected chi connectivity index (χ3v) is 9.61. The fraction of sp³-hybridized carbons (Fsp3) is 0.615. The first kappa shape index (κ1) is 18.5. The zero-order valence-electron chi connectivity index (χ0n) is 19.0. The first-order valence-corrected chi connectivity index (χ1v) is 11.0. The Morgan fingerprint density at radius 3 is 2.46 bits per heavy atom. The van der Waals surface area contributed by atoms with E-state index in [2.05, 4.69) is 77.5 Å². The van der Waals surface area contributed by atoms with Crippen LogP contribution in [0.25, 0.3) is 0 Å². The highest BCUT2D eigenvalue weighted by Gasteiger charge is 2.69. The van der Waals surface area contributed by atoms with Gasteiger partial charge in [0.1, 0.15) is 0 Å². The van der Waals surface area contributed by atoms with Gasteiger partial charge < -0.3 is 9.88 Å². The van der Waals surface area contributed by atoms with Crippen LogP contribution in [0.1, 0.15) is 72.0 Å². The highest BCUT2D eigenvalue weighted by molar-refractivity contribution is 5.58. The van der Waals surface area contributed by atoms with Crippen LogP contribution in [-0.4, -0.2) is 29.5 Å². The summed E-state index contributed by atoms with van der Waals surface area (Å²) in [4.78, 5) is 6.54. The molecule has 1 aliphatic heterocycles. The summed E-state index contributed by atoms with van der Waals surface area (Å²) in [5.41, 5.74) is 12.8. The van der Waals surface area contributed by atoms with E-state index in [9.17, 15) is 0 Å². The molecule has 0 radical (unpaired) electrons. The third-order valence-electron chi connectivity index (χ3n) is 9.61. The van der Waals surface area contributed by atoms with Gasteiger partial charge in [0, 0.05) is 28.3 Å². The quantitative estimate of drug-likeness (QED) is 0.662. The number of aromatic nitrogens is 1. The van der Waals surface area contributed by atoms with Crippen molar-refractivity contribution in [1.82, 2.24) is 9.88 Å². The molecule has 1 unspecified atom stereocenters. The number of hydrogen-bond acceptors (Lipinski definition) is 1. The minimum Gasteiger partial charge on any atom is -0.362 e. The standard InChI is InChI=1S/C26H36N2/c1-15-9-10-19-13-21-25(7)14-20-17(3)18(4)27-23(20)24(5,6)26(25,11-12-28(21)8)22(19)16(15)2/h9-10,21,27H,11-14H2,1-8H3/t21?,25-,26-/m0/s1. The summed E-state index contributed by atoms with van der Waals surface area (Å²) in [7, 11) is 2.36. The van der Waals surface area contributed by atoms with Gasteiger partial charge in [0.15, 0.2) is 0 Å². The molecule has 2 nitrogen and oxygen atoms in total. The largest absolute Gasteiger partial charge is 0.362 e. The van der Waals surface area contributed by atoms with Crippen LogP contribution in [0.2, 0.25) is 0 Å². The first-order chi connectivity index (χ1) is 13.1. The molecule has 0 spiro atoms. The van der Waals surface area contributed by atoms with Crippen LogP contribution in [-0.2, 0) is 23.7 Å². The Morgan fingerprint density at radius 1 is 1.04 bits per heavy atom. The molecular weight excluding hydrogens is 340 g/mol. The molecule has 5 rings (SSSR count). The zero-order chi connectivity index (χ0) is 20.2. The number of aromatic amines is 1. The van der Waals surface area contributed by atoms with Gasteiger partial charge in [-0.15, -0.1) is 0 Å². The van der Waals surface area contributed by atoms with E-state index in [0.717, 1.165) is 0 Å². The number of hydrogen-bond donors (Lipinski definition) is 1. The molecule has 2 bridgehead atoms. The van der Waals surface area contributed by atoms with Crippen molar-refractivity contribution in [3.8, 4) is 0 Å². The van der Waals surface area contributed by atoms with Crippen molar-refractivity contribution in [2.45, 2.75) is 84.6 Å². The van der Waals surface area contributed by atoms with E-state index < -0.39 is 0 Å². The van der Waals surface area contributed by atoms with E-state index in [1.807, 2.05) is 0 Å². The molecular formula is C26H36N2. The van der Waals surface area contributed by atoms with Crippen LogP contribution in [0.15, 0.2) is 12.1 Å². The SMILES string of the molecule is Cc1ccc2c(c1C)[C@]13CCN(C)C(C2)[C@]1(C)Cc1c([nH]c(C)c1C)C3(C)C. The molecule has 0 saturated carbocycles. The number of aryl methyl sites for hydroxylation is 2. The van der Waals surface area contributed by atoms with Crippen molar-refractivity contribution in [1.29, 1.82) is 0 Å². The third kappa shape index (κ3) is 1.80. The van der Waals surface area contributed by atoms with E-state index in [1.165, 1.54) is 48.3 Å². The summed E-state index contributed by atoms with van der Waals surface area (Å²) in [6.07, 6.45) is 3.64. The summed E-state index contributed by atoms with van der Waals surface area (Å²) in [6, 6.07) is 5.41. The lowest BCUT2D eigenvalue weighted by Crippen LogP contribution is -2.73. The average Bonchev–Trinajstić information content (AvgIpc) is 2.90. The van der Waals surface area contributed by atoms with Gasteiger partial charge >= 0.3 is 0 Å². The number of piperidine rings is 1. The topological polar surface area (TPSA) is 19.0 Å². The number of nitrogens with zero attached hydrogens (tertiary/aromatic N) is 1. The van der Waals surface area contributed by atoms with Crippen LogP contribution in [0, 0.1) is 33.1 Å². The number of rotatable bonds is 0. The second-order valence-electron chi connectivity index (χ2n) is 10.8. The molecule has 150 valence electrons. The van der Waals surface area contributed by atoms with Crippen LogP contribution < -0.4 is 0 Å². The molecule has 1 fully saturated rings. The molecule has 2 heteroatoms. The molecule has 2 aliphatic carbocycles. The predicted octanol–water partition coefficient (Wildman–Crippen LogP) is 5.29. The molecule has 0 amide bonds. The lowest BCUT2D eigenvalue weighted by atomic mass is 9.37. The van der Waals surface area contributed by atoms with E-state index in [4.69, 9.17) is 0 Å². The molecule has 1 N–H and O–H groups in total. The summed E-state index contributed by atoms with van der Waals surface area (Å²) >= 11 is 0. The van der Waals surface area contributed by atoms with E-state index in [0.29, 0.717) is 6.04 Å². The van der Waals surface area contributed by atoms with Crippen LogP contribution >= 0.6 is 0 Å². The molecule has 3 aliphatic rings. The maximum absolute atomic E-state index is 3.87. The van der Waals surface area contributed by atoms with Gasteiger partial charge in [-0.25, -0.2) is 0 Å². The number of likely N-dealkylation sites (N-methyl/N-ethyl adjacent to an activating group) is 1. The lowest BCUT2D eigenvalue weighted by molar-refractivity contribution is -0.0895. The van der Waals surface area contributed by atoms with Gasteiger partial charge in [0.25, 0.3) is 0 Å². The maximum atomic E-state index is 3.87. The Kier molecular flexibility index (Phi) is 3.52. The Bertz CT molecular complexity index is 994. The average molecular weight is 377 g/mol. The Hall–Kier alpha value is -1.54. The van der Waals surface area contributed by atoms with Gasteiger partial charge in [-0.1, -0.05) is 32.9 Å². The van der Waals surface area contributed by atoms with Crippen LogP contribution in [0.3, 0.4) is 0 Å². The minimum atomic E-state index is 0.0849. The van der Waals surface area contributed by atoms with E-state index >= 15 is 0 Å². The number of fused-ring (bicyclic) bond motifs is 2. The van der Waals surface area contributed by atoms with Crippen LogP contribution in [0.5, 0.6) is 0 Å². The zero-order valence-corrected chi connectivity index (χ0v) is 19.0. The normalized spacial score (nSPS) is 33.2. The van der Waals surface area contributed by atoms with E-state index in [-0.39, 0.29) is 16.2 Å². The molecule has 28 heavy (non-hydrogen) atoms. The van der Waals surface area contributed by atoms with Crippen molar-refractivity contribution in [3.63, 3.8) is 0 Å². The minimum absolute atomic E-state index is 0.0849. The summed E-state index contributed by atoms with van der Waals surface area (Å²) in [6.45, 7) is 18.2. The Morgan fingerprint density at radius 2 is 1.75 bits per heavy atom.